The van der Waals surface area contributed by atoms with Gasteiger partial charge in [0.15, 0.2) is 5.75 Å². The molecule has 3 aromatic rings. The largest absolute Gasteiger partial charge is 0.454 e. The van der Waals surface area contributed by atoms with Gasteiger partial charge in [-0.05, 0) is 56.3 Å². The first kappa shape index (κ1) is 17.8. The molecule has 1 aliphatic heterocycles. The summed E-state index contributed by atoms with van der Waals surface area (Å²) in [5.41, 5.74) is 3.34. The van der Waals surface area contributed by atoms with E-state index in [9.17, 15) is 9.59 Å². The fourth-order valence-electron chi connectivity index (χ4n) is 3.23. The quantitative estimate of drug-likeness (QED) is 0.702. The van der Waals surface area contributed by atoms with Crippen LogP contribution >= 0.6 is 0 Å². The Morgan fingerprint density at radius 3 is 2.50 bits per heavy atom. The fraction of sp³-hybridized carbons (Fsp3) is 0.130. The van der Waals surface area contributed by atoms with E-state index in [-0.39, 0.29) is 11.8 Å². The second kappa shape index (κ2) is 7.19. The first-order valence-corrected chi connectivity index (χ1v) is 9.17. The molecular formula is C23H20N2O3. The van der Waals surface area contributed by atoms with Gasteiger partial charge >= 0.3 is 0 Å². The van der Waals surface area contributed by atoms with Gasteiger partial charge in [-0.15, -0.1) is 0 Å². The summed E-state index contributed by atoms with van der Waals surface area (Å²) in [6, 6.07) is 19.9. The third-order valence-electron chi connectivity index (χ3n) is 4.72. The highest BCUT2D eigenvalue weighted by molar-refractivity contribution is 6.11. The lowest BCUT2D eigenvalue weighted by atomic mass is 10.1. The van der Waals surface area contributed by atoms with Crippen molar-refractivity contribution in [1.29, 1.82) is 0 Å². The molecule has 1 N–H and O–H groups in total. The van der Waals surface area contributed by atoms with E-state index in [0.29, 0.717) is 34.9 Å². The van der Waals surface area contributed by atoms with Crippen molar-refractivity contribution in [3.05, 3.63) is 83.4 Å². The van der Waals surface area contributed by atoms with E-state index in [1.165, 1.54) is 0 Å². The molecule has 0 saturated heterocycles. The number of carbonyl (C=O) groups excluding carboxylic acids is 2. The van der Waals surface area contributed by atoms with Gasteiger partial charge in [-0.3, -0.25) is 9.59 Å². The first-order valence-electron chi connectivity index (χ1n) is 9.17. The van der Waals surface area contributed by atoms with Gasteiger partial charge in [0.2, 0.25) is 0 Å². The lowest BCUT2D eigenvalue weighted by molar-refractivity contribution is 0.0985. The molecule has 0 bridgehead atoms. The lowest BCUT2D eigenvalue weighted by Gasteiger charge is -2.19. The zero-order chi connectivity index (χ0) is 19.7. The molecule has 0 spiro atoms. The zero-order valence-electron chi connectivity index (χ0n) is 15.7. The van der Waals surface area contributed by atoms with E-state index >= 15 is 0 Å². The van der Waals surface area contributed by atoms with Crippen LogP contribution in [0.4, 0.5) is 11.4 Å². The molecule has 3 aromatic carbocycles. The van der Waals surface area contributed by atoms with Crippen LogP contribution in [0.15, 0.2) is 66.7 Å². The van der Waals surface area contributed by atoms with Crippen LogP contribution in [0, 0.1) is 6.92 Å². The van der Waals surface area contributed by atoms with Crippen LogP contribution in [0.2, 0.25) is 0 Å². The molecule has 0 fully saturated rings. The summed E-state index contributed by atoms with van der Waals surface area (Å²) >= 11 is 0. The van der Waals surface area contributed by atoms with E-state index in [2.05, 4.69) is 5.32 Å². The van der Waals surface area contributed by atoms with E-state index in [1.807, 2.05) is 50.2 Å². The van der Waals surface area contributed by atoms with Crippen molar-refractivity contribution in [1.82, 2.24) is 0 Å². The molecule has 0 aliphatic carbocycles. The zero-order valence-corrected chi connectivity index (χ0v) is 15.7. The second-order valence-electron chi connectivity index (χ2n) is 6.65. The standard InChI is InChI=1S/C23H20N2O3/c1-3-25-19-6-4-5-7-21(19)28-20-13-12-17(14-18(20)23(25)27)24-22(26)16-10-8-15(2)9-11-16/h4-14H,3H2,1-2H3,(H,24,26). The van der Waals surface area contributed by atoms with Gasteiger partial charge < -0.3 is 15.0 Å². The molecule has 1 heterocycles. The number of hydrogen-bond acceptors (Lipinski definition) is 3. The highest BCUT2D eigenvalue weighted by atomic mass is 16.5. The summed E-state index contributed by atoms with van der Waals surface area (Å²) < 4.78 is 5.99. The number of nitrogens with zero attached hydrogens (tertiary/aromatic N) is 1. The summed E-state index contributed by atoms with van der Waals surface area (Å²) in [6.45, 7) is 4.40. The second-order valence-corrected chi connectivity index (χ2v) is 6.65. The van der Waals surface area contributed by atoms with E-state index < -0.39 is 0 Å². The van der Waals surface area contributed by atoms with Crippen LogP contribution in [0.3, 0.4) is 0 Å². The summed E-state index contributed by atoms with van der Waals surface area (Å²) in [6.07, 6.45) is 0. The molecule has 0 saturated carbocycles. The molecule has 2 amide bonds. The summed E-state index contributed by atoms with van der Waals surface area (Å²) in [5.74, 6) is 0.723. The van der Waals surface area contributed by atoms with Crippen LogP contribution in [-0.2, 0) is 0 Å². The van der Waals surface area contributed by atoms with Crippen LogP contribution in [0.5, 0.6) is 11.5 Å². The summed E-state index contributed by atoms with van der Waals surface area (Å²) in [5, 5.41) is 2.86. The number of hydrogen-bond donors (Lipinski definition) is 1. The Balaban J connectivity index is 1.67. The number of nitrogens with one attached hydrogen (secondary N) is 1. The molecule has 0 aromatic heterocycles. The first-order chi connectivity index (χ1) is 13.6. The molecule has 4 rings (SSSR count). The smallest absolute Gasteiger partial charge is 0.262 e. The van der Waals surface area contributed by atoms with Crippen LogP contribution in [0.1, 0.15) is 33.2 Å². The van der Waals surface area contributed by atoms with Gasteiger partial charge in [0.05, 0.1) is 11.3 Å². The van der Waals surface area contributed by atoms with Crippen LogP contribution in [-0.4, -0.2) is 18.4 Å². The van der Waals surface area contributed by atoms with Gasteiger partial charge in [-0.25, -0.2) is 0 Å². The predicted octanol–water partition coefficient (Wildman–Crippen LogP) is 5.02. The molecule has 0 radical (unpaired) electrons. The number of aryl methyl sites for hydroxylation is 1. The van der Waals surface area contributed by atoms with Crippen molar-refractivity contribution >= 4 is 23.2 Å². The molecular weight excluding hydrogens is 352 g/mol. The Labute approximate surface area is 163 Å². The molecule has 5 nitrogen and oxygen atoms in total. The maximum atomic E-state index is 13.1. The van der Waals surface area contributed by atoms with Gasteiger partial charge in [-0.2, -0.15) is 0 Å². The van der Waals surface area contributed by atoms with Gasteiger partial charge in [0.1, 0.15) is 5.75 Å². The normalized spacial score (nSPS) is 12.5. The van der Waals surface area contributed by atoms with E-state index in [0.717, 1.165) is 11.3 Å². The Kier molecular flexibility index (Phi) is 4.57. The molecule has 5 heteroatoms. The molecule has 0 unspecified atom stereocenters. The van der Waals surface area contributed by atoms with Gasteiger partial charge in [-0.1, -0.05) is 29.8 Å². The van der Waals surface area contributed by atoms with E-state index in [1.54, 1.807) is 35.2 Å². The maximum absolute atomic E-state index is 13.1. The number of fused-ring (bicyclic) bond motifs is 2. The number of benzene rings is 3. The number of anilines is 2. The van der Waals surface area contributed by atoms with Crippen molar-refractivity contribution < 1.29 is 14.3 Å². The number of ether oxygens (including phenoxy) is 1. The van der Waals surface area contributed by atoms with Gasteiger partial charge in [0.25, 0.3) is 11.8 Å². The van der Waals surface area contributed by atoms with Crippen molar-refractivity contribution in [2.45, 2.75) is 13.8 Å². The minimum Gasteiger partial charge on any atom is -0.454 e. The van der Waals surface area contributed by atoms with Crippen molar-refractivity contribution in [2.75, 3.05) is 16.8 Å². The lowest BCUT2D eigenvalue weighted by Crippen LogP contribution is -2.29. The third-order valence-corrected chi connectivity index (χ3v) is 4.72. The van der Waals surface area contributed by atoms with Crippen molar-refractivity contribution in [2.24, 2.45) is 0 Å². The maximum Gasteiger partial charge on any atom is 0.262 e. The fourth-order valence-corrected chi connectivity index (χ4v) is 3.23. The number of para-hydroxylation sites is 2. The van der Waals surface area contributed by atoms with Crippen molar-refractivity contribution in [3.8, 4) is 11.5 Å². The molecule has 1 aliphatic rings. The van der Waals surface area contributed by atoms with E-state index in [4.69, 9.17) is 4.74 Å². The Bertz CT molecular complexity index is 1060. The molecule has 140 valence electrons. The SMILES string of the molecule is CCN1C(=O)c2cc(NC(=O)c3ccc(C)cc3)ccc2Oc2ccccc21. The Morgan fingerprint density at radius 1 is 1.00 bits per heavy atom. The third kappa shape index (κ3) is 3.22. The Morgan fingerprint density at radius 2 is 1.75 bits per heavy atom. The van der Waals surface area contributed by atoms with Crippen molar-refractivity contribution in [3.63, 3.8) is 0 Å². The number of rotatable bonds is 3. The average molecular weight is 372 g/mol. The minimum absolute atomic E-state index is 0.158. The minimum atomic E-state index is -0.224. The van der Waals surface area contributed by atoms with Crippen LogP contribution < -0.4 is 15.0 Å². The average Bonchev–Trinajstić information content (AvgIpc) is 2.82. The highest BCUT2D eigenvalue weighted by Crippen LogP contribution is 2.39. The van der Waals surface area contributed by atoms with Gasteiger partial charge in [0, 0.05) is 17.8 Å². The number of amides is 2. The summed E-state index contributed by atoms with van der Waals surface area (Å²) in [7, 11) is 0. The van der Waals surface area contributed by atoms with Crippen LogP contribution in [0.25, 0.3) is 0 Å². The predicted molar refractivity (Wildman–Crippen MR) is 109 cm³/mol. The number of carbonyl (C=O) groups is 2. The molecule has 28 heavy (non-hydrogen) atoms. The highest BCUT2D eigenvalue weighted by Gasteiger charge is 2.27. The summed E-state index contributed by atoms with van der Waals surface area (Å²) in [4.78, 5) is 27.3. The molecule has 0 atom stereocenters. The Hall–Kier alpha value is -3.60. The monoisotopic (exact) mass is 372 g/mol. The topological polar surface area (TPSA) is 58.6 Å².